The van der Waals surface area contributed by atoms with E-state index in [1.807, 2.05) is 18.5 Å². The molecule has 0 aromatic carbocycles. The summed E-state index contributed by atoms with van der Waals surface area (Å²) in [5, 5.41) is 3.55. The van der Waals surface area contributed by atoms with E-state index in [-0.39, 0.29) is 0 Å². The van der Waals surface area contributed by atoms with Crippen molar-refractivity contribution in [2.45, 2.75) is 25.8 Å². The zero-order chi connectivity index (χ0) is 12.1. The van der Waals surface area contributed by atoms with Crippen LogP contribution in [0.3, 0.4) is 0 Å². The molecule has 3 heteroatoms. The molecule has 94 valence electrons. The molecule has 1 N–H and O–H groups in total. The average Bonchev–Trinajstić information content (AvgIpc) is 2.72. The van der Waals surface area contributed by atoms with Gasteiger partial charge in [-0.05, 0) is 57.1 Å². The molecule has 1 fully saturated rings. The molecule has 2 atom stereocenters. The van der Waals surface area contributed by atoms with E-state index in [1.54, 1.807) is 0 Å². The number of rotatable bonds is 5. The summed E-state index contributed by atoms with van der Waals surface area (Å²) < 4.78 is 0. The molecule has 2 heterocycles. The molecule has 3 nitrogen and oxygen atoms in total. The van der Waals surface area contributed by atoms with Gasteiger partial charge >= 0.3 is 0 Å². The second kappa shape index (κ2) is 6.12. The van der Waals surface area contributed by atoms with Crippen LogP contribution in [0.1, 0.15) is 31.4 Å². The van der Waals surface area contributed by atoms with E-state index in [9.17, 15) is 0 Å². The average molecular weight is 233 g/mol. The van der Waals surface area contributed by atoms with Crippen LogP contribution in [0.25, 0.3) is 0 Å². The minimum Gasteiger partial charge on any atom is -0.316 e. The van der Waals surface area contributed by atoms with Crippen molar-refractivity contribution in [2.24, 2.45) is 5.92 Å². The van der Waals surface area contributed by atoms with Crippen LogP contribution in [-0.4, -0.2) is 36.6 Å². The lowest BCUT2D eigenvalue weighted by molar-refractivity contribution is 0.272. The molecule has 2 rings (SSSR count). The van der Waals surface area contributed by atoms with Gasteiger partial charge in [-0.15, -0.1) is 0 Å². The van der Waals surface area contributed by atoms with Gasteiger partial charge in [0.1, 0.15) is 0 Å². The second-order valence-corrected chi connectivity index (χ2v) is 4.96. The van der Waals surface area contributed by atoms with E-state index < -0.39 is 0 Å². The van der Waals surface area contributed by atoms with Gasteiger partial charge in [0.05, 0.1) is 0 Å². The minimum absolute atomic E-state index is 0.535. The molecule has 0 aliphatic carbocycles. The third kappa shape index (κ3) is 3.05. The van der Waals surface area contributed by atoms with Crippen LogP contribution in [-0.2, 0) is 0 Å². The standard InChI is InChI=1S/C14H23N3/c1-3-7-15-11-13-6-9-17(2)14(13)12-5-4-8-16-10-12/h4-5,8,10,13-15H,3,6-7,9,11H2,1-2H3. The van der Waals surface area contributed by atoms with Gasteiger partial charge in [0.2, 0.25) is 0 Å². The second-order valence-electron chi connectivity index (χ2n) is 4.96. The van der Waals surface area contributed by atoms with Gasteiger partial charge in [-0.25, -0.2) is 0 Å². The van der Waals surface area contributed by atoms with Crippen LogP contribution in [0.2, 0.25) is 0 Å². The predicted molar refractivity (Wildman–Crippen MR) is 70.9 cm³/mol. The van der Waals surface area contributed by atoms with E-state index in [2.05, 4.69) is 35.2 Å². The van der Waals surface area contributed by atoms with Gasteiger partial charge in [0.25, 0.3) is 0 Å². The van der Waals surface area contributed by atoms with Crippen molar-refractivity contribution in [2.75, 3.05) is 26.7 Å². The van der Waals surface area contributed by atoms with E-state index in [1.165, 1.54) is 24.9 Å². The fourth-order valence-electron chi connectivity index (χ4n) is 2.78. The number of hydrogen-bond donors (Lipinski definition) is 1. The fourth-order valence-corrected chi connectivity index (χ4v) is 2.78. The molecule has 1 saturated heterocycles. The van der Waals surface area contributed by atoms with Crippen molar-refractivity contribution in [3.8, 4) is 0 Å². The first kappa shape index (κ1) is 12.5. The van der Waals surface area contributed by atoms with Crippen LogP contribution in [0, 0.1) is 5.92 Å². The summed E-state index contributed by atoms with van der Waals surface area (Å²) in [5.74, 6) is 0.718. The Balaban J connectivity index is 2.01. The lowest BCUT2D eigenvalue weighted by Gasteiger charge is -2.25. The van der Waals surface area contributed by atoms with Gasteiger partial charge in [-0.3, -0.25) is 9.88 Å². The van der Waals surface area contributed by atoms with Crippen LogP contribution in [0.4, 0.5) is 0 Å². The number of hydrogen-bond acceptors (Lipinski definition) is 3. The first-order valence-electron chi connectivity index (χ1n) is 6.63. The molecule has 1 aliphatic rings. The largest absolute Gasteiger partial charge is 0.316 e. The molecule has 0 amide bonds. The van der Waals surface area contributed by atoms with Crippen LogP contribution in [0.15, 0.2) is 24.5 Å². The number of pyridine rings is 1. The van der Waals surface area contributed by atoms with Gasteiger partial charge in [0, 0.05) is 18.4 Å². The Morgan fingerprint density at radius 3 is 3.12 bits per heavy atom. The number of nitrogens with one attached hydrogen (secondary N) is 1. The molecule has 0 radical (unpaired) electrons. The quantitative estimate of drug-likeness (QED) is 0.789. The Bertz CT molecular complexity index is 325. The zero-order valence-corrected chi connectivity index (χ0v) is 10.9. The van der Waals surface area contributed by atoms with Crippen LogP contribution >= 0.6 is 0 Å². The summed E-state index contributed by atoms with van der Waals surface area (Å²) in [7, 11) is 2.22. The Hall–Kier alpha value is -0.930. The Morgan fingerprint density at radius 2 is 2.41 bits per heavy atom. The molecule has 1 aliphatic heterocycles. The van der Waals surface area contributed by atoms with Crippen molar-refractivity contribution >= 4 is 0 Å². The number of aromatic nitrogens is 1. The molecular formula is C14H23N3. The Labute approximate surface area is 104 Å². The topological polar surface area (TPSA) is 28.2 Å². The highest BCUT2D eigenvalue weighted by Crippen LogP contribution is 2.35. The predicted octanol–water partition coefficient (Wildman–Crippen LogP) is 2.07. The summed E-state index contributed by atoms with van der Waals surface area (Å²) in [5.41, 5.74) is 1.36. The molecule has 1 aromatic rings. The number of likely N-dealkylation sites (tertiary alicyclic amines) is 1. The summed E-state index contributed by atoms with van der Waals surface area (Å²) in [6.07, 6.45) is 6.36. The van der Waals surface area contributed by atoms with Crippen molar-refractivity contribution in [1.82, 2.24) is 15.2 Å². The van der Waals surface area contributed by atoms with Gasteiger partial charge < -0.3 is 5.32 Å². The molecule has 1 aromatic heterocycles. The first-order valence-corrected chi connectivity index (χ1v) is 6.63. The van der Waals surface area contributed by atoms with Crippen molar-refractivity contribution in [1.29, 1.82) is 0 Å². The molecular weight excluding hydrogens is 210 g/mol. The third-order valence-corrected chi connectivity index (χ3v) is 3.63. The van der Waals surface area contributed by atoms with Crippen LogP contribution < -0.4 is 5.32 Å². The van der Waals surface area contributed by atoms with Gasteiger partial charge in [-0.2, -0.15) is 0 Å². The third-order valence-electron chi connectivity index (χ3n) is 3.63. The molecule has 0 saturated carbocycles. The summed E-state index contributed by atoms with van der Waals surface area (Å²) in [6.45, 7) is 5.65. The maximum absolute atomic E-state index is 4.25. The lowest BCUT2D eigenvalue weighted by atomic mass is 9.95. The zero-order valence-electron chi connectivity index (χ0n) is 10.9. The van der Waals surface area contributed by atoms with Crippen molar-refractivity contribution < 1.29 is 0 Å². The SMILES string of the molecule is CCCNCC1CCN(C)C1c1cccnc1. The lowest BCUT2D eigenvalue weighted by Crippen LogP contribution is -2.29. The summed E-state index contributed by atoms with van der Waals surface area (Å²) in [4.78, 5) is 6.70. The fraction of sp³-hybridized carbons (Fsp3) is 0.643. The van der Waals surface area contributed by atoms with Gasteiger partial charge in [-0.1, -0.05) is 13.0 Å². The number of nitrogens with zero attached hydrogens (tertiary/aromatic N) is 2. The molecule has 0 bridgehead atoms. The van der Waals surface area contributed by atoms with E-state index in [0.717, 1.165) is 19.0 Å². The molecule has 0 spiro atoms. The van der Waals surface area contributed by atoms with Crippen LogP contribution in [0.5, 0.6) is 0 Å². The van der Waals surface area contributed by atoms with E-state index in [0.29, 0.717) is 6.04 Å². The van der Waals surface area contributed by atoms with Crippen molar-refractivity contribution in [3.05, 3.63) is 30.1 Å². The summed E-state index contributed by atoms with van der Waals surface area (Å²) in [6, 6.07) is 4.78. The van der Waals surface area contributed by atoms with Crippen molar-refractivity contribution in [3.63, 3.8) is 0 Å². The maximum Gasteiger partial charge on any atom is 0.0401 e. The van der Waals surface area contributed by atoms with E-state index in [4.69, 9.17) is 0 Å². The highest BCUT2D eigenvalue weighted by Gasteiger charge is 2.32. The Morgan fingerprint density at radius 1 is 1.53 bits per heavy atom. The normalized spacial score (nSPS) is 25.3. The highest BCUT2D eigenvalue weighted by molar-refractivity contribution is 5.16. The Kier molecular flexibility index (Phi) is 4.51. The monoisotopic (exact) mass is 233 g/mol. The highest BCUT2D eigenvalue weighted by atomic mass is 15.2. The smallest absolute Gasteiger partial charge is 0.0401 e. The van der Waals surface area contributed by atoms with Gasteiger partial charge in [0.15, 0.2) is 0 Å². The maximum atomic E-state index is 4.25. The van der Waals surface area contributed by atoms with E-state index >= 15 is 0 Å². The first-order chi connectivity index (χ1) is 8.33. The summed E-state index contributed by atoms with van der Waals surface area (Å²) >= 11 is 0. The molecule has 2 unspecified atom stereocenters. The minimum atomic E-state index is 0.535. The molecule has 17 heavy (non-hydrogen) atoms.